The fourth-order valence-electron chi connectivity index (χ4n) is 1.71. The number of nitrogens with two attached hydrogens (primary N) is 1. The minimum atomic E-state index is -3.43. The molecule has 0 atom stereocenters. The van der Waals surface area contributed by atoms with Gasteiger partial charge >= 0.3 is 0 Å². The van der Waals surface area contributed by atoms with Crippen molar-refractivity contribution in [2.24, 2.45) is 11.7 Å². The van der Waals surface area contributed by atoms with Crippen LogP contribution in [0.1, 0.15) is 24.1 Å². The van der Waals surface area contributed by atoms with Gasteiger partial charge in [-0.2, -0.15) is 0 Å². The third-order valence-electron chi connectivity index (χ3n) is 2.99. The van der Waals surface area contributed by atoms with E-state index in [9.17, 15) is 8.42 Å². The summed E-state index contributed by atoms with van der Waals surface area (Å²) >= 11 is 1.37. The molecule has 0 radical (unpaired) electrons. The highest BCUT2D eigenvalue weighted by molar-refractivity contribution is 7.89. The Morgan fingerprint density at radius 1 is 1.47 bits per heavy atom. The molecule has 1 aromatic heterocycles. The van der Waals surface area contributed by atoms with Gasteiger partial charge < -0.3 is 10.5 Å². The number of thiophene rings is 1. The minimum absolute atomic E-state index is 0.248. The van der Waals surface area contributed by atoms with Crippen molar-refractivity contribution in [2.75, 3.05) is 19.8 Å². The van der Waals surface area contributed by atoms with Gasteiger partial charge in [0.05, 0.1) is 4.90 Å². The lowest BCUT2D eigenvalue weighted by molar-refractivity contribution is 0.123. The lowest BCUT2D eigenvalue weighted by Gasteiger charge is -2.07. The maximum Gasteiger partial charge on any atom is 0.241 e. The summed E-state index contributed by atoms with van der Waals surface area (Å²) in [5.41, 5.74) is 5.52. The van der Waals surface area contributed by atoms with Crippen molar-refractivity contribution in [3.8, 4) is 0 Å². The van der Waals surface area contributed by atoms with E-state index in [1.807, 2.05) is 0 Å². The maximum atomic E-state index is 12.0. The summed E-state index contributed by atoms with van der Waals surface area (Å²) in [6, 6.07) is 1.60. The molecule has 0 aliphatic heterocycles. The second-order valence-corrected chi connectivity index (χ2v) is 7.42. The van der Waals surface area contributed by atoms with Crippen LogP contribution in [-0.4, -0.2) is 28.2 Å². The zero-order valence-corrected chi connectivity index (χ0v) is 12.4. The van der Waals surface area contributed by atoms with Gasteiger partial charge in [0.15, 0.2) is 0 Å². The monoisotopic (exact) mass is 304 g/mol. The van der Waals surface area contributed by atoms with Crippen LogP contribution < -0.4 is 10.5 Å². The van der Waals surface area contributed by atoms with Crippen LogP contribution in [0.25, 0.3) is 0 Å². The summed E-state index contributed by atoms with van der Waals surface area (Å²) in [6.45, 7) is 2.06. The summed E-state index contributed by atoms with van der Waals surface area (Å²) in [7, 11) is -3.43. The van der Waals surface area contributed by atoms with Crippen molar-refractivity contribution in [1.82, 2.24) is 4.72 Å². The molecule has 1 aromatic rings. The quantitative estimate of drug-likeness (QED) is 0.674. The number of hydrogen-bond acceptors (Lipinski definition) is 5. The second-order valence-electron chi connectivity index (χ2n) is 4.68. The molecule has 0 unspecified atom stereocenters. The molecule has 0 saturated heterocycles. The SMILES string of the molecule is NCc1sccc1S(=O)(=O)NCCCOCC1CC1. The number of nitrogens with one attached hydrogen (secondary N) is 1. The molecule has 0 amide bonds. The highest BCUT2D eigenvalue weighted by Crippen LogP contribution is 2.28. The fourth-order valence-corrected chi connectivity index (χ4v) is 4.12. The fraction of sp³-hybridized carbons (Fsp3) is 0.667. The summed E-state index contributed by atoms with van der Waals surface area (Å²) in [6.07, 6.45) is 3.23. The van der Waals surface area contributed by atoms with E-state index in [2.05, 4.69) is 4.72 Å². The van der Waals surface area contributed by atoms with Crippen molar-refractivity contribution in [3.05, 3.63) is 16.3 Å². The van der Waals surface area contributed by atoms with E-state index in [1.54, 1.807) is 11.4 Å². The van der Waals surface area contributed by atoms with Gasteiger partial charge in [-0.25, -0.2) is 13.1 Å². The van der Waals surface area contributed by atoms with Crippen LogP contribution in [0.5, 0.6) is 0 Å². The molecule has 0 spiro atoms. The van der Waals surface area contributed by atoms with Crippen molar-refractivity contribution in [1.29, 1.82) is 0 Å². The Balaban J connectivity index is 1.71. The average Bonchev–Trinajstić information content (AvgIpc) is 3.06. The van der Waals surface area contributed by atoms with Gasteiger partial charge in [-0.15, -0.1) is 11.3 Å². The molecule has 0 bridgehead atoms. The average molecular weight is 304 g/mol. The van der Waals surface area contributed by atoms with Gasteiger partial charge in [0.2, 0.25) is 10.0 Å². The summed E-state index contributed by atoms with van der Waals surface area (Å²) in [5.74, 6) is 0.745. The first-order chi connectivity index (χ1) is 9.13. The van der Waals surface area contributed by atoms with E-state index in [1.165, 1.54) is 24.2 Å². The van der Waals surface area contributed by atoms with E-state index in [-0.39, 0.29) is 6.54 Å². The molecule has 3 N–H and O–H groups in total. The topological polar surface area (TPSA) is 81.4 Å². The predicted octanol–water partition coefficient (Wildman–Crippen LogP) is 1.30. The van der Waals surface area contributed by atoms with E-state index in [4.69, 9.17) is 10.5 Å². The van der Waals surface area contributed by atoms with Crippen LogP contribution in [0, 0.1) is 5.92 Å². The molecule has 108 valence electrons. The molecule has 5 nitrogen and oxygen atoms in total. The highest BCUT2D eigenvalue weighted by atomic mass is 32.2. The lowest BCUT2D eigenvalue weighted by atomic mass is 10.4. The molecular formula is C12H20N2O3S2. The van der Waals surface area contributed by atoms with Gasteiger partial charge in [-0.3, -0.25) is 0 Å². The standard InChI is InChI=1S/C12H20N2O3S2/c13-8-11-12(4-7-18-11)19(15,16)14-5-1-6-17-9-10-2-3-10/h4,7,10,14H,1-3,5-6,8-9,13H2. The largest absolute Gasteiger partial charge is 0.381 e. The van der Waals surface area contributed by atoms with Crippen molar-refractivity contribution in [2.45, 2.75) is 30.7 Å². The van der Waals surface area contributed by atoms with E-state index in [0.29, 0.717) is 29.3 Å². The molecule has 1 heterocycles. The normalized spacial score (nSPS) is 15.8. The molecule has 1 aliphatic carbocycles. The van der Waals surface area contributed by atoms with E-state index >= 15 is 0 Å². The van der Waals surface area contributed by atoms with Crippen LogP contribution in [0.3, 0.4) is 0 Å². The van der Waals surface area contributed by atoms with Crippen molar-refractivity contribution >= 4 is 21.4 Å². The second kappa shape index (κ2) is 6.81. The number of rotatable bonds is 9. The van der Waals surface area contributed by atoms with E-state index in [0.717, 1.165) is 12.5 Å². The Labute approximate surface area is 118 Å². The smallest absolute Gasteiger partial charge is 0.241 e. The van der Waals surface area contributed by atoms with Crippen LogP contribution in [0.4, 0.5) is 0 Å². The molecule has 0 aromatic carbocycles. The van der Waals surface area contributed by atoms with Crippen molar-refractivity contribution in [3.63, 3.8) is 0 Å². The van der Waals surface area contributed by atoms with Crippen LogP contribution in [-0.2, 0) is 21.3 Å². The molecular weight excluding hydrogens is 284 g/mol. The zero-order chi connectivity index (χ0) is 13.7. The number of ether oxygens (including phenoxy) is 1. The number of hydrogen-bond donors (Lipinski definition) is 2. The van der Waals surface area contributed by atoms with Crippen LogP contribution in [0.2, 0.25) is 0 Å². The first-order valence-electron chi connectivity index (χ1n) is 6.47. The molecule has 1 saturated carbocycles. The van der Waals surface area contributed by atoms with Gasteiger partial charge in [-0.1, -0.05) is 0 Å². The maximum absolute atomic E-state index is 12.0. The summed E-state index contributed by atoms with van der Waals surface area (Å²) in [5, 5.41) is 1.75. The molecule has 1 aliphatic rings. The summed E-state index contributed by atoms with van der Waals surface area (Å²) < 4.78 is 32.1. The predicted molar refractivity (Wildman–Crippen MR) is 75.6 cm³/mol. The first kappa shape index (κ1) is 14.9. The van der Waals surface area contributed by atoms with Gasteiger partial charge in [0.25, 0.3) is 0 Å². The molecule has 19 heavy (non-hydrogen) atoms. The Morgan fingerprint density at radius 3 is 2.95 bits per heavy atom. The van der Waals surface area contributed by atoms with Gasteiger partial charge in [0, 0.05) is 31.2 Å². The molecule has 2 rings (SSSR count). The Kier molecular flexibility index (Phi) is 5.35. The van der Waals surface area contributed by atoms with E-state index < -0.39 is 10.0 Å². The Hall–Kier alpha value is -0.470. The van der Waals surface area contributed by atoms with Crippen LogP contribution in [0.15, 0.2) is 16.3 Å². The Morgan fingerprint density at radius 2 is 2.26 bits per heavy atom. The summed E-state index contributed by atoms with van der Waals surface area (Å²) in [4.78, 5) is 0.997. The lowest BCUT2D eigenvalue weighted by Crippen LogP contribution is -2.26. The minimum Gasteiger partial charge on any atom is -0.381 e. The molecule has 1 fully saturated rings. The van der Waals surface area contributed by atoms with Gasteiger partial charge in [0.1, 0.15) is 0 Å². The number of sulfonamides is 1. The Bertz CT molecular complexity index is 495. The molecule has 7 heteroatoms. The van der Waals surface area contributed by atoms with Crippen LogP contribution >= 0.6 is 11.3 Å². The third kappa shape index (κ3) is 4.54. The zero-order valence-electron chi connectivity index (χ0n) is 10.8. The first-order valence-corrected chi connectivity index (χ1v) is 8.83. The highest BCUT2D eigenvalue weighted by Gasteiger charge is 2.21. The van der Waals surface area contributed by atoms with Gasteiger partial charge in [-0.05, 0) is 36.6 Å². The van der Waals surface area contributed by atoms with Crippen molar-refractivity contribution < 1.29 is 13.2 Å². The third-order valence-corrected chi connectivity index (χ3v) is 5.61.